The van der Waals surface area contributed by atoms with Gasteiger partial charge in [-0.25, -0.2) is 0 Å². The van der Waals surface area contributed by atoms with Crippen molar-refractivity contribution in [3.8, 4) is 0 Å². The zero-order valence-corrected chi connectivity index (χ0v) is 13.8. The summed E-state index contributed by atoms with van der Waals surface area (Å²) in [6.45, 7) is 2.99. The van der Waals surface area contributed by atoms with Crippen LogP contribution in [0.25, 0.3) is 0 Å². The molecular weight excluding hydrogens is 320 g/mol. The molecule has 102 valence electrons. The molecular formula is C16H19BrOS. The maximum Gasteiger partial charge on any atom is 0.0740 e. The van der Waals surface area contributed by atoms with Crippen LogP contribution in [0, 0.1) is 0 Å². The van der Waals surface area contributed by atoms with Gasteiger partial charge in [0.25, 0.3) is 0 Å². The van der Waals surface area contributed by atoms with E-state index >= 15 is 0 Å². The lowest BCUT2D eigenvalue weighted by molar-refractivity contribution is 0.202. The van der Waals surface area contributed by atoms with Gasteiger partial charge in [-0.15, -0.1) is 11.3 Å². The molecule has 1 aromatic carbocycles. The minimum Gasteiger partial charge on any atom is -0.384 e. The lowest BCUT2D eigenvalue weighted by atomic mass is 10.0. The predicted octanol–water partition coefficient (Wildman–Crippen LogP) is 4.98. The topological polar surface area (TPSA) is 9.23 Å². The monoisotopic (exact) mass is 338 g/mol. The molecule has 0 aliphatic heterocycles. The van der Waals surface area contributed by atoms with E-state index in [1.54, 1.807) is 7.11 Å². The maximum atomic E-state index is 5.11. The number of benzene rings is 1. The van der Waals surface area contributed by atoms with Crippen LogP contribution in [-0.4, -0.2) is 13.7 Å². The second-order valence-electron chi connectivity index (χ2n) is 4.51. The Morgan fingerprint density at radius 3 is 2.58 bits per heavy atom. The van der Waals surface area contributed by atoms with E-state index in [0.717, 1.165) is 19.4 Å². The number of ether oxygens (including phenoxy) is 1. The number of rotatable bonds is 6. The number of hydrogen-bond acceptors (Lipinski definition) is 2. The van der Waals surface area contributed by atoms with E-state index in [0.29, 0.717) is 4.83 Å². The number of halogens is 1. The molecule has 0 N–H and O–H groups in total. The van der Waals surface area contributed by atoms with Crippen molar-refractivity contribution >= 4 is 27.3 Å². The zero-order chi connectivity index (χ0) is 13.7. The lowest BCUT2D eigenvalue weighted by Crippen LogP contribution is -1.97. The highest BCUT2D eigenvalue weighted by Crippen LogP contribution is 2.36. The quantitative estimate of drug-likeness (QED) is 0.674. The second kappa shape index (κ2) is 7.22. The van der Waals surface area contributed by atoms with Crippen LogP contribution >= 0.6 is 27.3 Å². The summed E-state index contributed by atoms with van der Waals surface area (Å²) < 4.78 is 5.11. The molecule has 1 aromatic heterocycles. The molecule has 0 saturated heterocycles. The van der Waals surface area contributed by atoms with Gasteiger partial charge in [0.05, 0.1) is 11.4 Å². The van der Waals surface area contributed by atoms with Gasteiger partial charge < -0.3 is 4.74 Å². The predicted molar refractivity (Wildman–Crippen MR) is 86.5 cm³/mol. The minimum atomic E-state index is 0.305. The highest BCUT2D eigenvalue weighted by molar-refractivity contribution is 9.09. The van der Waals surface area contributed by atoms with Crippen LogP contribution in [0.2, 0.25) is 0 Å². The molecule has 1 nitrogen and oxygen atoms in total. The van der Waals surface area contributed by atoms with E-state index in [2.05, 4.69) is 58.6 Å². The van der Waals surface area contributed by atoms with Crippen LogP contribution in [0.4, 0.5) is 0 Å². The summed E-state index contributed by atoms with van der Waals surface area (Å²) in [5, 5.41) is 2.18. The molecule has 0 fully saturated rings. The molecule has 1 unspecified atom stereocenters. The fourth-order valence-electron chi connectivity index (χ4n) is 2.09. The van der Waals surface area contributed by atoms with Crippen molar-refractivity contribution in [2.75, 3.05) is 13.7 Å². The van der Waals surface area contributed by atoms with Crippen LogP contribution in [-0.2, 0) is 17.6 Å². The lowest BCUT2D eigenvalue weighted by Gasteiger charge is -2.11. The average molecular weight is 339 g/mol. The highest BCUT2D eigenvalue weighted by atomic mass is 79.9. The van der Waals surface area contributed by atoms with Crippen LogP contribution in [0.1, 0.15) is 33.3 Å². The standard InChI is InChI=1S/C16H19BrOS/c1-3-13-9-11-19-16(13)15(17)14-6-4-12(5-7-14)8-10-18-2/h4-7,9,11,15H,3,8,10H2,1-2H3. The minimum absolute atomic E-state index is 0.305. The molecule has 3 heteroatoms. The smallest absolute Gasteiger partial charge is 0.0740 e. The van der Waals surface area contributed by atoms with E-state index in [9.17, 15) is 0 Å². The summed E-state index contributed by atoms with van der Waals surface area (Å²) in [7, 11) is 1.74. The van der Waals surface area contributed by atoms with Crippen molar-refractivity contribution in [2.24, 2.45) is 0 Å². The second-order valence-corrected chi connectivity index (χ2v) is 6.37. The molecule has 19 heavy (non-hydrogen) atoms. The Balaban J connectivity index is 2.13. The van der Waals surface area contributed by atoms with E-state index in [1.165, 1.54) is 21.6 Å². The van der Waals surface area contributed by atoms with Crippen molar-refractivity contribution in [1.29, 1.82) is 0 Å². The Bertz CT molecular complexity index is 504. The third kappa shape index (κ3) is 3.68. The maximum absolute atomic E-state index is 5.11. The van der Waals surface area contributed by atoms with Gasteiger partial charge in [0.2, 0.25) is 0 Å². The van der Waals surface area contributed by atoms with Crippen molar-refractivity contribution in [2.45, 2.75) is 24.6 Å². The van der Waals surface area contributed by atoms with Gasteiger partial charge in [0.15, 0.2) is 0 Å². The molecule has 1 heterocycles. The first-order valence-corrected chi connectivity index (χ1v) is 8.34. The van der Waals surface area contributed by atoms with Gasteiger partial charge in [-0.1, -0.05) is 47.1 Å². The molecule has 0 amide bonds. The normalized spacial score (nSPS) is 12.6. The number of aryl methyl sites for hydroxylation is 1. The Labute approximate surface area is 127 Å². The van der Waals surface area contributed by atoms with E-state index < -0.39 is 0 Å². The van der Waals surface area contributed by atoms with Gasteiger partial charge in [0.1, 0.15) is 0 Å². The molecule has 0 saturated carbocycles. The number of hydrogen-bond donors (Lipinski definition) is 0. The van der Waals surface area contributed by atoms with Crippen LogP contribution in [0.5, 0.6) is 0 Å². The molecule has 2 rings (SSSR count). The van der Waals surface area contributed by atoms with E-state index in [-0.39, 0.29) is 0 Å². The summed E-state index contributed by atoms with van der Waals surface area (Å²) in [5.41, 5.74) is 4.08. The van der Waals surface area contributed by atoms with Gasteiger partial charge in [0, 0.05) is 12.0 Å². The molecule has 0 bridgehead atoms. The number of methoxy groups -OCH3 is 1. The highest BCUT2D eigenvalue weighted by Gasteiger charge is 2.14. The van der Waals surface area contributed by atoms with Crippen LogP contribution in [0.3, 0.4) is 0 Å². The van der Waals surface area contributed by atoms with Crippen LogP contribution < -0.4 is 0 Å². The first-order valence-electron chi connectivity index (χ1n) is 6.54. The Hall–Kier alpha value is -0.640. The van der Waals surface area contributed by atoms with E-state index in [1.807, 2.05) is 11.3 Å². The summed E-state index contributed by atoms with van der Waals surface area (Å²) in [5.74, 6) is 0. The molecule has 0 spiro atoms. The Morgan fingerprint density at radius 2 is 1.95 bits per heavy atom. The summed E-state index contributed by atoms with van der Waals surface area (Å²) in [4.78, 5) is 1.73. The van der Waals surface area contributed by atoms with E-state index in [4.69, 9.17) is 4.74 Å². The molecule has 2 aromatic rings. The molecule has 0 aliphatic rings. The summed E-state index contributed by atoms with van der Waals surface area (Å²) >= 11 is 5.66. The third-order valence-electron chi connectivity index (χ3n) is 3.26. The summed E-state index contributed by atoms with van der Waals surface area (Å²) in [6, 6.07) is 11.0. The van der Waals surface area contributed by atoms with Crippen molar-refractivity contribution in [1.82, 2.24) is 0 Å². The van der Waals surface area contributed by atoms with Crippen molar-refractivity contribution < 1.29 is 4.74 Å². The SMILES string of the molecule is CCc1ccsc1C(Br)c1ccc(CCOC)cc1. The van der Waals surface area contributed by atoms with Gasteiger partial charge in [-0.05, 0) is 41.0 Å². The fourth-order valence-corrected chi connectivity index (χ4v) is 4.01. The largest absolute Gasteiger partial charge is 0.384 e. The van der Waals surface area contributed by atoms with Crippen LogP contribution in [0.15, 0.2) is 35.7 Å². The molecule has 0 aliphatic carbocycles. The third-order valence-corrected chi connectivity index (χ3v) is 5.57. The number of alkyl halides is 1. The van der Waals surface area contributed by atoms with Gasteiger partial charge in [-0.3, -0.25) is 0 Å². The molecule has 0 radical (unpaired) electrons. The average Bonchev–Trinajstić information content (AvgIpc) is 2.93. The zero-order valence-electron chi connectivity index (χ0n) is 11.4. The first kappa shape index (κ1) is 14.8. The van der Waals surface area contributed by atoms with Gasteiger partial charge in [-0.2, -0.15) is 0 Å². The van der Waals surface area contributed by atoms with Gasteiger partial charge >= 0.3 is 0 Å². The fraction of sp³-hybridized carbons (Fsp3) is 0.375. The number of thiophene rings is 1. The first-order chi connectivity index (χ1) is 9.26. The molecule has 1 atom stereocenters. The summed E-state index contributed by atoms with van der Waals surface area (Å²) in [6.07, 6.45) is 2.07. The Morgan fingerprint density at radius 1 is 1.21 bits per heavy atom. The van der Waals surface area contributed by atoms with Crippen molar-refractivity contribution in [3.63, 3.8) is 0 Å². The van der Waals surface area contributed by atoms with Crippen molar-refractivity contribution in [3.05, 3.63) is 57.3 Å². The Kier molecular flexibility index (Phi) is 5.61.